The van der Waals surface area contributed by atoms with E-state index in [4.69, 9.17) is 9.47 Å². The molecule has 1 unspecified atom stereocenters. The predicted octanol–water partition coefficient (Wildman–Crippen LogP) is 1.96. The first-order chi connectivity index (χ1) is 7.22. The maximum atomic E-state index is 5.66. The topological polar surface area (TPSA) is 30.5 Å². The van der Waals surface area contributed by atoms with Gasteiger partial charge in [0.05, 0.1) is 5.60 Å². The van der Waals surface area contributed by atoms with Crippen molar-refractivity contribution in [2.75, 3.05) is 26.9 Å². The molecule has 1 N–H and O–H groups in total. The Balaban J connectivity index is 2.32. The Kier molecular flexibility index (Phi) is 5.58. The summed E-state index contributed by atoms with van der Waals surface area (Å²) < 4.78 is 11.0. The third-order valence-corrected chi connectivity index (χ3v) is 3.33. The van der Waals surface area contributed by atoms with E-state index in [2.05, 4.69) is 19.2 Å². The van der Waals surface area contributed by atoms with E-state index in [0.717, 1.165) is 32.6 Å². The minimum atomic E-state index is 0.0141. The van der Waals surface area contributed by atoms with Gasteiger partial charge in [-0.15, -0.1) is 0 Å². The molecule has 1 saturated heterocycles. The van der Waals surface area contributed by atoms with E-state index in [1.54, 1.807) is 0 Å². The molecule has 90 valence electrons. The van der Waals surface area contributed by atoms with Gasteiger partial charge in [-0.2, -0.15) is 0 Å². The maximum absolute atomic E-state index is 5.66. The standard InChI is InChI=1S/C12H25NO2/c1-4-5-11(2)13-10-12(14-3)6-8-15-9-7-12/h11,13H,4-10H2,1-3H3. The average Bonchev–Trinajstić information content (AvgIpc) is 2.28. The molecule has 0 amide bonds. The van der Waals surface area contributed by atoms with Crippen LogP contribution in [0.5, 0.6) is 0 Å². The fourth-order valence-corrected chi connectivity index (χ4v) is 2.09. The van der Waals surface area contributed by atoms with Gasteiger partial charge in [0.25, 0.3) is 0 Å². The zero-order valence-corrected chi connectivity index (χ0v) is 10.3. The van der Waals surface area contributed by atoms with E-state index in [1.807, 2.05) is 7.11 Å². The maximum Gasteiger partial charge on any atom is 0.0846 e. The first-order valence-corrected chi connectivity index (χ1v) is 6.09. The summed E-state index contributed by atoms with van der Waals surface area (Å²) in [4.78, 5) is 0. The van der Waals surface area contributed by atoms with Crippen LogP contribution in [0.1, 0.15) is 39.5 Å². The summed E-state index contributed by atoms with van der Waals surface area (Å²) in [6.07, 6.45) is 4.48. The molecule has 3 heteroatoms. The van der Waals surface area contributed by atoms with Gasteiger partial charge in [-0.1, -0.05) is 13.3 Å². The Labute approximate surface area is 93.5 Å². The van der Waals surface area contributed by atoms with Gasteiger partial charge in [0.1, 0.15) is 0 Å². The van der Waals surface area contributed by atoms with Crippen LogP contribution >= 0.6 is 0 Å². The molecule has 0 aromatic rings. The number of nitrogens with one attached hydrogen (secondary N) is 1. The monoisotopic (exact) mass is 215 g/mol. The summed E-state index contributed by atoms with van der Waals surface area (Å²) in [6.45, 7) is 7.08. The molecule has 0 saturated carbocycles. The third kappa shape index (κ3) is 4.09. The van der Waals surface area contributed by atoms with Gasteiger partial charge in [-0.25, -0.2) is 0 Å². The molecule has 0 aliphatic carbocycles. The fourth-order valence-electron chi connectivity index (χ4n) is 2.09. The molecule has 3 nitrogen and oxygen atoms in total. The molecule has 0 radical (unpaired) electrons. The number of hydrogen-bond donors (Lipinski definition) is 1. The van der Waals surface area contributed by atoms with Crippen molar-refractivity contribution in [3.63, 3.8) is 0 Å². The van der Waals surface area contributed by atoms with Crippen molar-refractivity contribution in [2.24, 2.45) is 0 Å². The molecule has 0 aromatic carbocycles. The predicted molar refractivity (Wildman–Crippen MR) is 62.2 cm³/mol. The Morgan fingerprint density at radius 2 is 2.07 bits per heavy atom. The van der Waals surface area contributed by atoms with Crippen molar-refractivity contribution >= 4 is 0 Å². The SMILES string of the molecule is CCCC(C)NCC1(OC)CCOCC1. The molecule has 1 heterocycles. The number of methoxy groups -OCH3 is 1. The van der Waals surface area contributed by atoms with E-state index < -0.39 is 0 Å². The first kappa shape index (κ1) is 12.9. The van der Waals surface area contributed by atoms with Crippen LogP contribution in [0.2, 0.25) is 0 Å². The molecule has 1 aliphatic rings. The molecule has 0 bridgehead atoms. The summed E-state index contributed by atoms with van der Waals surface area (Å²) >= 11 is 0. The van der Waals surface area contributed by atoms with Crippen molar-refractivity contribution in [3.05, 3.63) is 0 Å². The van der Waals surface area contributed by atoms with Gasteiger partial charge < -0.3 is 14.8 Å². The van der Waals surface area contributed by atoms with Crippen molar-refractivity contribution in [1.82, 2.24) is 5.32 Å². The third-order valence-electron chi connectivity index (χ3n) is 3.33. The minimum Gasteiger partial charge on any atom is -0.381 e. The van der Waals surface area contributed by atoms with E-state index in [9.17, 15) is 0 Å². The largest absolute Gasteiger partial charge is 0.381 e. The molecular formula is C12H25NO2. The molecule has 1 atom stereocenters. The average molecular weight is 215 g/mol. The number of hydrogen-bond acceptors (Lipinski definition) is 3. The lowest BCUT2D eigenvalue weighted by Crippen LogP contribution is -2.48. The van der Waals surface area contributed by atoms with Gasteiger partial charge in [0.2, 0.25) is 0 Å². The van der Waals surface area contributed by atoms with Crippen molar-refractivity contribution < 1.29 is 9.47 Å². The highest BCUT2D eigenvalue weighted by molar-refractivity contribution is 4.86. The summed E-state index contributed by atoms with van der Waals surface area (Å²) in [5, 5.41) is 3.56. The van der Waals surface area contributed by atoms with E-state index in [-0.39, 0.29) is 5.60 Å². The van der Waals surface area contributed by atoms with Crippen LogP contribution in [0.15, 0.2) is 0 Å². The Bertz CT molecular complexity index is 167. The van der Waals surface area contributed by atoms with Gasteiger partial charge in [-0.3, -0.25) is 0 Å². The summed E-state index contributed by atoms with van der Waals surface area (Å²) in [6, 6.07) is 0.588. The highest BCUT2D eigenvalue weighted by Crippen LogP contribution is 2.23. The number of ether oxygens (including phenoxy) is 2. The van der Waals surface area contributed by atoms with Gasteiger partial charge in [0.15, 0.2) is 0 Å². The van der Waals surface area contributed by atoms with Gasteiger partial charge in [-0.05, 0) is 13.3 Å². The Morgan fingerprint density at radius 3 is 2.60 bits per heavy atom. The van der Waals surface area contributed by atoms with Crippen molar-refractivity contribution in [1.29, 1.82) is 0 Å². The van der Waals surface area contributed by atoms with E-state index in [0.29, 0.717) is 6.04 Å². The lowest BCUT2D eigenvalue weighted by molar-refractivity contribution is -0.0885. The van der Waals surface area contributed by atoms with Gasteiger partial charge in [0, 0.05) is 45.8 Å². The highest BCUT2D eigenvalue weighted by Gasteiger charge is 2.32. The number of rotatable bonds is 6. The fraction of sp³-hybridized carbons (Fsp3) is 1.00. The molecule has 1 aliphatic heterocycles. The normalized spacial score (nSPS) is 22.6. The van der Waals surface area contributed by atoms with Crippen LogP contribution < -0.4 is 5.32 Å². The van der Waals surface area contributed by atoms with Crippen molar-refractivity contribution in [2.45, 2.75) is 51.2 Å². The lowest BCUT2D eigenvalue weighted by Gasteiger charge is -2.37. The summed E-state index contributed by atoms with van der Waals surface area (Å²) in [7, 11) is 1.82. The molecule has 0 aromatic heterocycles. The second-order valence-electron chi connectivity index (χ2n) is 4.57. The summed E-state index contributed by atoms with van der Waals surface area (Å²) in [5.41, 5.74) is 0.0141. The zero-order chi connectivity index (χ0) is 11.1. The smallest absolute Gasteiger partial charge is 0.0846 e. The first-order valence-electron chi connectivity index (χ1n) is 6.09. The molecule has 1 rings (SSSR count). The van der Waals surface area contributed by atoms with Crippen LogP contribution in [0.3, 0.4) is 0 Å². The summed E-state index contributed by atoms with van der Waals surface area (Å²) in [5.74, 6) is 0. The van der Waals surface area contributed by atoms with Crippen LogP contribution in [0.25, 0.3) is 0 Å². The van der Waals surface area contributed by atoms with Crippen LogP contribution in [0, 0.1) is 0 Å². The van der Waals surface area contributed by atoms with Crippen LogP contribution in [0.4, 0.5) is 0 Å². The molecule has 15 heavy (non-hydrogen) atoms. The van der Waals surface area contributed by atoms with Crippen LogP contribution in [-0.2, 0) is 9.47 Å². The minimum absolute atomic E-state index is 0.0141. The second kappa shape index (κ2) is 6.46. The van der Waals surface area contributed by atoms with Crippen molar-refractivity contribution in [3.8, 4) is 0 Å². The van der Waals surface area contributed by atoms with E-state index >= 15 is 0 Å². The Hall–Kier alpha value is -0.120. The van der Waals surface area contributed by atoms with Gasteiger partial charge >= 0.3 is 0 Å². The van der Waals surface area contributed by atoms with Crippen LogP contribution in [-0.4, -0.2) is 38.5 Å². The van der Waals surface area contributed by atoms with E-state index in [1.165, 1.54) is 12.8 Å². The molecule has 1 fully saturated rings. The highest BCUT2D eigenvalue weighted by atomic mass is 16.5. The second-order valence-corrected chi connectivity index (χ2v) is 4.57. The zero-order valence-electron chi connectivity index (χ0n) is 10.3. The molecular weight excluding hydrogens is 190 g/mol. The molecule has 0 spiro atoms. The quantitative estimate of drug-likeness (QED) is 0.734. The Morgan fingerprint density at radius 1 is 1.40 bits per heavy atom. The lowest BCUT2D eigenvalue weighted by atomic mass is 9.93.